The van der Waals surface area contributed by atoms with Crippen LogP contribution in [0.4, 0.5) is 0 Å². The maximum Gasteiger partial charge on any atom is 0.308 e. The predicted molar refractivity (Wildman–Crippen MR) is 61.3 cm³/mol. The number of ether oxygens (including phenoxy) is 1. The van der Waals surface area contributed by atoms with E-state index in [1.165, 1.54) is 0 Å². The van der Waals surface area contributed by atoms with Crippen molar-refractivity contribution in [1.29, 1.82) is 0 Å². The highest BCUT2D eigenvalue weighted by Crippen LogP contribution is 2.11. The van der Waals surface area contributed by atoms with Crippen LogP contribution < -0.4 is 0 Å². The minimum absolute atomic E-state index is 0.179. The highest BCUT2D eigenvalue weighted by molar-refractivity contribution is 5.75. The molecular formula is C13H16O3. The maximum absolute atomic E-state index is 11.4. The van der Waals surface area contributed by atoms with Gasteiger partial charge in [-0.25, -0.2) is 0 Å². The van der Waals surface area contributed by atoms with Crippen molar-refractivity contribution in [2.75, 3.05) is 6.61 Å². The summed E-state index contributed by atoms with van der Waals surface area (Å²) in [7, 11) is 0. The molecule has 0 radical (unpaired) electrons. The van der Waals surface area contributed by atoms with Crippen molar-refractivity contribution >= 4 is 12.3 Å². The van der Waals surface area contributed by atoms with Crippen LogP contribution in [0.25, 0.3) is 0 Å². The fraction of sp³-hybridized carbons (Fsp3) is 0.385. The molecule has 0 saturated heterocycles. The largest absolute Gasteiger partial charge is 0.466 e. The lowest BCUT2D eigenvalue weighted by Gasteiger charge is -2.10. The van der Waals surface area contributed by atoms with Crippen LogP contribution in [0.2, 0.25) is 0 Å². The lowest BCUT2D eigenvalue weighted by Crippen LogP contribution is -2.16. The first-order chi connectivity index (χ1) is 7.67. The van der Waals surface area contributed by atoms with Crippen LogP contribution in [0.1, 0.15) is 29.8 Å². The standard InChI is InChI=1S/C13H16O3/c1-3-16-13(15)10(2)7-11-5-4-6-12(8-11)9-14/h4-6,8-10H,3,7H2,1-2H3. The van der Waals surface area contributed by atoms with Gasteiger partial charge in [0, 0.05) is 5.56 Å². The SMILES string of the molecule is CCOC(=O)C(C)Cc1cccc(C=O)c1. The average Bonchev–Trinajstić information content (AvgIpc) is 2.29. The Hall–Kier alpha value is -1.64. The van der Waals surface area contributed by atoms with Gasteiger partial charge >= 0.3 is 5.97 Å². The summed E-state index contributed by atoms with van der Waals surface area (Å²) in [5.41, 5.74) is 1.61. The van der Waals surface area contributed by atoms with Gasteiger partial charge in [0.2, 0.25) is 0 Å². The van der Waals surface area contributed by atoms with E-state index in [1.807, 2.05) is 19.1 Å². The Labute approximate surface area is 95.4 Å². The van der Waals surface area contributed by atoms with Gasteiger partial charge in [-0.15, -0.1) is 0 Å². The van der Waals surface area contributed by atoms with Crippen molar-refractivity contribution in [3.8, 4) is 0 Å². The summed E-state index contributed by atoms with van der Waals surface area (Å²) in [5, 5.41) is 0. The van der Waals surface area contributed by atoms with E-state index in [-0.39, 0.29) is 11.9 Å². The zero-order valence-electron chi connectivity index (χ0n) is 9.60. The van der Waals surface area contributed by atoms with Crippen LogP contribution in [-0.4, -0.2) is 18.9 Å². The molecule has 0 bridgehead atoms. The first-order valence-corrected chi connectivity index (χ1v) is 5.38. The molecule has 0 N–H and O–H groups in total. The third-order valence-corrected chi connectivity index (χ3v) is 2.32. The molecule has 16 heavy (non-hydrogen) atoms. The van der Waals surface area contributed by atoms with Crippen LogP contribution in [0, 0.1) is 5.92 Å². The highest BCUT2D eigenvalue weighted by Gasteiger charge is 2.14. The van der Waals surface area contributed by atoms with Gasteiger partial charge in [0.05, 0.1) is 12.5 Å². The van der Waals surface area contributed by atoms with Crippen LogP contribution in [0.3, 0.4) is 0 Å². The van der Waals surface area contributed by atoms with Crippen molar-refractivity contribution in [2.24, 2.45) is 5.92 Å². The molecule has 3 heteroatoms. The molecule has 0 spiro atoms. The zero-order chi connectivity index (χ0) is 12.0. The van der Waals surface area contributed by atoms with Gasteiger partial charge in [0.15, 0.2) is 0 Å². The molecule has 0 aliphatic rings. The fourth-order valence-electron chi connectivity index (χ4n) is 1.51. The van der Waals surface area contributed by atoms with Crippen molar-refractivity contribution in [3.05, 3.63) is 35.4 Å². The molecular weight excluding hydrogens is 204 g/mol. The molecule has 1 aromatic carbocycles. The average molecular weight is 220 g/mol. The van der Waals surface area contributed by atoms with Gasteiger partial charge in [-0.2, -0.15) is 0 Å². The van der Waals surface area contributed by atoms with E-state index in [1.54, 1.807) is 19.1 Å². The van der Waals surface area contributed by atoms with Gasteiger partial charge in [-0.3, -0.25) is 9.59 Å². The molecule has 0 heterocycles. The monoisotopic (exact) mass is 220 g/mol. The van der Waals surface area contributed by atoms with Crippen LogP contribution >= 0.6 is 0 Å². The Balaban J connectivity index is 2.65. The molecule has 86 valence electrons. The molecule has 1 atom stereocenters. The Morgan fingerprint density at radius 2 is 2.25 bits per heavy atom. The number of benzene rings is 1. The molecule has 1 rings (SSSR count). The fourth-order valence-corrected chi connectivity index (χ4v) is 1.51. The normalized spacial score (nSPS) is 11.9. The number of carbonyl (C=O) groups excluding carboxylic acids is 2. The number of esters is 1. The smallest absolute Gasteiger partial charge is 0.308 e. The summed E-state index contributed by atoms with van der Waals surface area (Å²) in [4.78, 5) is 22.0. The Bertz CT molecular complexity index is 371. The van der Waals surface area contributed by atoms with Gasteiger partial charge in [-0.05, 0) is 25.0 Å². The molecule has 0 aromatic heterocycles. The van der Waals surface area contributed by atoms with Crippen molar-refractivity contribution in [1.82, 2.24) is 0 Å². The summed E-state index contributed by atoms with van der Waals surface area (Å²) in [6.45, 7) is 4.01. The van der Waals surface area contributed by atoms with E-state index in [4.69, 9.17) is 4.74 Å². The number of hydrogen-bond acceptors (Lipinski definition) is 3. The van der Waals surface area contributed by atoms with Gasteiger partial charge in [0.25, 0.3) is 0 Å². The second-order valence-corrected chi connectivity index (χ2v) is 3.72. The van der Waals surface area contributed by atoms with E-state index < -0.39 is 0 Å². The minimum Gasteiger partial charge on any atom is -0.466 e. The third-order valence-electron chi connectivity index (χ3n) is 2.32. The maximum atomic E-state index is 11.4. The minimum atomic E-state index is -0.195. The summed E-state index contributed by atoms with van der Waals surface area (Å²) < 4.78 is 4.92. The molecule has 1 aromatic rings. The van der Waals surface area contributed by atoms with E-state index in [0.717, 1.165) is 11.8 Å². The molecule has 0 saturated carbocycles. The third kappa shape index (κ3) is 3.50. The van der Waals surface area contributed by atoms with Crippen LogP contribution in [0.5, 0.6) is 0 Å². The quantitative estimate of drug-likeness (QED) is 0.564. The zero-order valence-corrected chi connectivity index (χ0v) is 9.60. The van der Waals surface area contributed by atoms with E-state index in [2.05, 4.69) is 0 Å². The molecule has 0 aliphatic carbocycles. The number of carbonyl (C=O) groups is 2. The van der Waals surface area contributed by atoms with Crippen molar-refractivity contribution < 1.29 is 14.3 Å². The Morgan fingerprint density at radius 3 is 2.88 bits per heavy atom. The van der Waals surface area contributed by atoms with E-state index in [9.17, 15) is 9.59 Å². The summed E-state index contributed by atoms with van der Waals surface area (Å²) in [5.74, 6) is -0.374. The molecule has 0 amide bonds. The first-order valence-electron chi connectivity index (χ1n) is 5.38. The number of aldehydes is 1. The lowest BCUT2D eigenvalue weighted by molar-refractivity contribution is -0.147. The molecule has 0 fully saturated rings. The van der Waals surface area contributed by atoms with Gasteiger partial charge < -0.3 is 4.74 Å². The van der Waals surface area contributed by atoms with Crippen molar-refractivity contribution in [3.63, 3.8) is 0 Å². The van der Waals surface area contributed by atoms with E-state index in [0.29, 0.717) is 18.6 Å². The second-order valence-electron chi connectivity index (χ2n) is 3.72. The van der Waals surface area contributed by atoms with Crippen molar-refractivity contribution in [2.45, 2.75) is 20.3 Å². The van der Waals surface area contributed by atoms with Crippen LogP contribution in [0.15, 0.2) is 24.3 Å². The van der Waals surface area contributed by atoms with Crippen LogP contribution in [-0.2, 0) is 16.0 Å². The molecule has 3 nitrogen and oxygen atoms in total. The summed E-state index contributed by atoms with van der Waals surface area (Å²) >= 11 is 0. The van der Waals surface area contributed by atoms with E-state index >= 15 is 0 Å². The molecule has 0 aliphatic heterocycles. The predicted octanol–water partition coefficient (Wildman–Crippen LogP) is 2.24. The van der Waals surface area contributed by atoms with Gasteiger partial charge in [0.1, 0.15) is 6.29 Å². The molecule has 1 unspecified atom stereocenters. The first kappa shape index (κ1) is 12.4. The summed E-state index contributed by atoms with van der Waals surface area (Å²) in [6, 6.07) is 7.26. The second kappa shape index (κ2) is 6.05. The number of rotatable bonds is 5. The lowest BCUT2D eigenvalue weighted by atomic mass is 10.00. The Kier molecular flexibility index (Phi) is 4.70. The highest BCUT2D eigenvalue weighted by atomic mass is 16.5. The van der Waals surface area contributed by atoms with Gasteiger partial charge in [-0.1, -0.05) is 25.1 Å². The topological polar surface area (TPSA) is 43.4 Å². The summed E-state index contributed by atoms with van der Waals surface area (Å²) in [6.07, 6.45) is 1.40. The Morgan fingerprint density at radius 1 is 1.50 bits per heavy atom. The number of hydrogen-bond donors (Lipinski definition) is 0.